The van der Waals surface area contributed by atoms with Gasteiger partial charge in [-0.2, -0.15) is 17.4 Å². The Morgan fingerprint density at radius 1 is 1.16 bits per heavy atom. The average molecular weight is 290 g/mol. The predicted octanol–water partition coefficient (Wildman–Crippen LogP) is 1.39. The van der Waals surface area contributed by atoms with Gasteiger partial charge in [0.1, 0.15) is 0 Å². The van der Waals surface area contributed by atoms with Crippen LogP contribution in [-0.2, 0) is 10.2 Å². The summed E-state index contributed by atoms with van der Waals surface area (Å²) in [5.74, 6) is 0. The van der Waals surface area contributed by atoms with Gasteiger partial charge in [0.25, 0.3) is 10.2 Å². The van der Waals surface area contributed by atoms with Crippen LogP contribution < -0.4 is 4.72 Å². The highest BCUT2D eigenvalue weighted by molar-refractivity contribution is 7.87. The van der Waals surface area contributed by atoms with E-state index in [4.69, 9.17) is 0 Å². The maximum absolute atomic E-state index is 12.5. The third-order valence-electron chi connectivity index (χ3n) is 4.68. The summed E-state index contributed by atoms with van der Waals surface area (Å²) in [4.78, 5) is 0. The SMILES string of the molecule is CN(C1CCCCC1)S(=O)(=O)NC1(CO)CCCC1. The highest BCUT2D eigenvalue weighted by atomic mass is 32.2. The first-order valence-electron chi connectivity index (χ1n) is 7.37. The highest BCUT2D eigenvalue weighted by Crippen LogP contribution is 2.31. The van der Waals surface area contributed by atoms with Gasteiger partial charge in [0, 0.05) is 13.1 Å². The van der Waals surface area contributed by atoms with E-state index in [1.54, 1.807) is 7.05 Å². The van der Waals surface area contributed by atoms with Gasteiger partial charge >= 0.3 is 0 Å². The lowest BCUT2D eigenvalue weighted by Crippen LogP contribution is -2.55. The molecule has 112 valence electrons. The third kappa shape index (κ3) is 3.48. The molecule has 2 saturated carbocycles. The second-order valence-corrected chi connectivity index (χ2v) is 7.79. The molecular formula is C13H26N2O3S. The summed E-state index contributed by atoms with van der Waals surface area (Å²) >= 11 is 0. The van der Waals surface area contributed by atoms with Crippen molar-refractivity contribution in [3.05, 3.63) is 0 Å². The van der Waals surface area contributed by atoms with Crippen LogP contribution in [-0.4, -0.2) is 43.1 Å². The molecule has 0 unspecified atom stereocenters. The first-order valence-corrected chi connectivity index (χ1v) is 8.81. The van der Waals surface area contributed by atoms with E-state index in [-0.39, 0.29) is 12.6 Å². The fourth-order valence-electron chi connectivity index (χ4n) is 3.33. The molecule has 19 heavy (non-hydrogen) atoms. The van der Waals surface area contributed by atoms with Crippen molar-refractivity contribution in [2.45, 2.75) is 69.4 Å². The summed E-state index contributed by atoms with van der Waals surface area (Å²) in [6.07, 6.45) is 8.76. The average Bonchev–Trinajstić information content (AvgIpc) is 2.87. The van der Waals surface area contributed by atoms with Crippen molar-refractivity contribution in [2.24, 2.45) is 0 Å². The number of hydrogen-bond acceptors (Lipinski definition) is 3. The number of hydrogen-bond donors (Lipinski definition) is 2. The molecule has 2 aliphatic rings. The van der Waals surface area contributed by atoms with Crippen LogP contribution in [0.3, 0.4) is 0 Å². The molecule has 2 fully saturated rings. The lowest BCUT2D eigenvalue weighted by Gasteiger charge is -2.35. The lowest BCUT2D eigenvalue weighted by atomic mass is 9.96. The van der Waals surface area contributed by atoms with E-state index in [9.17, 15) is 13.5 Å². The van der Waals surface area contributed by atoms with Gasteiger partial charge in [-0.25, -0.2) is 0 Å². The van der Waals surface area contributed by atoms with Gasteiger partial charge in [-0.05, 0) is 25.7 Å². The van der Waals surface area contributed by atoms with Crippen molar-refractivity contribution in [3.63, 3.8) is 0 Å². The Morgan fingerprint density at radius 3 is 2.26 bits per heavy atom. The van der Waals surface area contributed by atoms with Crippen molar-refractivity contribution in [1.29, 1.82) is 0 Å². The minimum Gasteiger partial charge on any atom is -0.394 e. The van der Waals surface area contributed by atoms with E-state index < -0.39 is 15.7 Å². The van der Waals surface area contributed by atoms with Gasteiger partial charge in [0.05, 0.1) is 12.1 Å². The van der Waals surface area contributed by atoms with Crippen LogP contribution in [0.25, 0.3) is 0 Å². The van der Waals surface area contributed by atoms with Crippen molar-refractivity contribution >= 4 is 10.2 Å². The molecule has 6 heteroatoms. The van der Waals surface area contributed by atoms with E-state index in [1.807, 2.05) is 0 Å². The molecule has 0 heterocycles. The number of aliphatic hydroxyl groups is 1. The van der Waals surface area contributed by atoms with Gasteiger partial charge in [-0.3, -0.25) is 0 Å². The molecule has 0 aromatic rings. The maximum atomic E-state index is 12.5. The molecule has 2 N–H and O–H groups in total. The van der Waals surface area contributed by atoms with Crippen LogP contribution >= 0.6 is 0 Å². The molecule has 0 aliphatic heterocycles. The molecule has 0 bridgehead atoms. The fourth-order valence-corrected chi connectivity index (χ4v) is 4.89. The van der Waals surface area contributed by atoms with Crippen molar-refractivity contribution in [1.82, 2.24) is 9.03 Å². The lowest BCUT2D eigenvalue weighted by molar-refractivity contribution is 0.180. The van der Waals surface area contributed by atoms with Crippen LogP contribution in [0.1, 0.15) is 57.8 Å². The van der Waals surface area contributed by atoms with Gasteiger partial charge in [0.2, 0.25) is 0 Å². The fraction of sp³-hybridized carbons (Fsp3) is 1.00. The predicted molar refractivity (Wildman–Crippen MR) is 75.0 cm³/mol. The summed E-state index contributed by atoms with van der Waals surface area (Å²) in [6, 6.07) is 0.114. The highest BCUT2D eigenvalue weighted by Gasteiger charge is 2.39. The second-order valence-electron chi connectivity index (χ2n) is 6.06. The van der Waals surface area contributed by atoms with Crippen molar-refractivity contribution in [3.8, 4) is 0 Å². The Balaban J connectivity index is 2.04. The molecule has 5 nitrogen and oxygen atoms in total. The normalized spacial score (nSPS) is 25.0. The summed E-state index contributed by atoms with van der Waals surface area (Å²) in [7, 11) is -1.83. The molecule has 0 atom stereocenters. The summed E-state index contributed by atoms with van der Waals surface area (Å²) in [6.45, 7) is -0.106. The van der Waals surface area contributed by atoms with Gasteiger partial charge < -0.3 is 5.11 Å². The standard InChI is InChI=1S/C13H26N2O3S/c1-15(12-7-3-2-4-8-12)19(17,18)14-13(11-16)9-5-6-10-13/h12,14,16H,2-11H2,1H3. The Labute approximate surface area is 116 Å². The number of nitrogens with one attached hydrogen (secondary N) is 1. The van der Waals surface area contributed by atoms with E-state index in [0.717, 1.165) is 51.4 Å². The van der Waals surface area contributed by atoms with Crippen LogP contribution in [0.4, 0.5) is 0 Å². The third-order valence-corrected chi connectivity index (χ3v) is 6.42. The zero-order valence-electron chi connectivity index (χ0n) is 11.8. The smallest absolute Gasteiger partial charge is 0.280 e. The van der Waals surface area contributed by atoms with Crippen LogP contribution in [0.2, 0.25) is 0 Å². The Hall–Kier alpha value is -0.170. The number of rotatable bonds is 5. The topological polar surface area (TPSA) is 69.6 Å². The zero-order chi connectivity index (χ0) is 13.9. The van der Waals surface area contributed by atoms with E-state index in [1.165, 1.54) is 10.7 Å². The monoisotopic (exact) mass is 290 g/mol. The number of nitrogens with zero attached hydrogens (tertiary/aromatic N) is 1. The molecule has 0 aromatic carbocycles. The molecular weight excluding hydrogens is 264 g/mol. The second kappa shape index (κ2) is 6.08. The van der Waals surface area contributed by atoms with Gasteiger partial charge in [-0.15, -0.1) is 0 Å². The minimum atomic E-state index is -3.49. The largest absolute Gasteiger partial charge is 0.394 e. The first kappa shape index (κ1) is 15.2. The molecule has 0 radical (unpaired) electrons. The molecule has 0 aromatic heterocycles. The zero-order valence-corrected chi connectivity index (χ0v) is 12.6. The molecule has 0 saturated heterocycles. The molecule has 2 aliphatic carbocycles. The van der Waals surface area contributed by atoms with E-state index in [0.29, 0.717) is 0 Å². The first-order chi connectivity index (χ1) is 8.99. The van der Waals surface area contributed by atoms with Gasteiger partial charge in [-0.1, -0.05) is 32.1 Å². The Kier molecular flexibility index (Phi) is 4.87. The molecule has 0 spiro atoms. The van der Waals surface area contributed by atoms with Crippen LogP contribution in [0, 0.1) is 0 Å². The van der Waals surface area contributed by atoms with E-state index >= 15 is 0 Å². The molecule has 0 amide bonds. The quantitative estimate of drug-likeness (QED) is 0.804. The summed E-state index contributed by atoms with van der Waals surface area (Å²) in [5, 5.41) is 9.53. The van der Waals surface area contributed by atoms with Crippen LogP contribution in [0.5, 0.6) is 0 Å². The van der Waals surface area contributed by atoms with Crippen molar-refractivity contribution < 1.29 is 13.5 Å². The van der Waals surface area contributed by atoms with Crippen LogP contribution in [0.15, 0.2) is 0 Å². The van der Waals surface area contributed by atoms with Gasteiger partial charge in [0.15, 0.2) is 0 Å². The maximum Gasteiger partial charge on any atom is 0.280 e. The van der Waals surface area contributed by atoms with Crippen molar-refractivity contribution in [2.75, 3.05) is 13.7 Å². The number of aliphatic hydroxyl groups excluding tert-OH is 1. The summed E-state index contributed by atoms with van der Waals surface area (Å²) < 4.78 is 29.2. The Bertz CT molecular complexity index is 385. The Morgan fingerprint density at radius 2 is 1.74 bits per heavy atom. The minimum absolute atomic E-state index is 0.106. The summed E-state index contributed by atoms with van der Waals surface area (Å²) in [5.41, 5.74) is -0.623. The molecule has 2 rings (SSSR count). The van der Waals surface area contributed by atoms with E-state index in [2.05, 4.69) is 4.72 Å².